The van der Waals surface area contributed by atoms with E-state index in [1.54, 1.807) is 6.07 Å². The maximum Gasteiger partial charge on any atom is 0.321 e. The Morgan fingerprint density at radius 2 is 1.92 bits per heavy atom. The number of carbonyl (C=O) groups excluding carboxylic acids is 2. The summed E-state index contributed by atoms with van der Waals surface area (Å²) in [5.74, 6) is -0.667. The third-order valence-electron chi connectivity index (χ3n) is 3.91. The number of nitro groups is 1. The van der Waals surface area contributed by atoms with E-state index in [0.717, 1.165) is 25.7 Å². The second kappa shape index (κ2) is 8.28. The lowest BCUT2D eigenvalue weighted by molar-refractivity contribution is -0.386. The van der Waals surface area contributed by atoms with Crippen molar-refractivity contribution in [1.82, 2.24) is 10.6 Å². The molecule has 0 heterocycles. The number of nitrogens with one attached hydrogen (secondary N) is 2. The SMILES string of the molecule is C[C@@H](Oc1ccccc1[N+](=O)[O-])C(=O)NC(=O)NC1CCCCC1. The summed E-state index contributed by atoms with van der Waals surface area (Å²) in [5, 5.41) is 15.9. The number of para-hydroxylation sites is 2. The van der Waals surface area contributed by atoms with Crippen LogP contribution in [0.5, 0.6) is 5.75 Å². The lowest BCUT2D eigenvalue weighted by atomic mass is 9.96. The molecule has 8 heteroatoms. The average Bonchev–Trinajstić information content (AvgIpc) is 2.55. The van der Waals surface area contributed by atoms with Crippen molar-refractivity contribution in [3.8, 4) is 5.75 Å². The van der Waals surface area contributed by atoms with Crippen LogP contribution in [-0.4, -0.2) is 29.0 Å². The molecule has 0 saturated heterocycles. The van der Waals surface area contributed by atoms with Crippen LogP contribution in [0.4, 0.5) is 10.5 Å². The molecule has 2 rings (SSSR count). The third-order valence-corrected chi connectivity index (χ3v) is 3.91. The standard InChI is InChI=1S/C16H21N3O5/c1-11(24-14-10-6-5-9-13(14)19(22)23)15(20)18-16(21)17-12-7-3-2-4-8-12/h5-6,9-12H,2-4,7-8H2,1H3,(H2,17,18,20,21)/t11-/m1/s1. The topological polar surface area (TPSA) is 111 Å². The molecule has 1 aromatic carbocycles. The van der Waals surface area contributed by atoms with Gasteiger partial charge in [-0.05, 0) is 25.8 Å². The Hall–Kier alpha value is -2.64. The van der Waals surface area contributed by atoms with Gasteiger partial charge in [-0.15, -0.1) is 0 Å². The maximum atomic E-state index is 12.0. The molecule has 0 spiro atoms. The number of hydrogen-bond acceptors (Lipinski definition) is 5. The quantitative estimate of drug-likeness (QED) is 0.634. The van der Waals surface area contributed by atoms with E-state index in [2.05, 4.69) is 10.6 Å². The van der Waals surface area contributed by atoms with Crippen molar-refractivity contribution in [2.24, 2.45) is 0 Å². The van der Waals surface area contributed by atoms with Gasteiger partial charge in [0, 0.05) is 12.1 Å². The van der Waals surface area contributed by atoms with E-state index in [0.29, 0.717) is 0 Å². The molecule has 0 aliphatic heterocycles. The Kier molecular flexibility index (Phi) is 6.11. The minimum atomic E-state index is -1.04. The minimum Gasteiger partial charge on any atom is -0.474 e. The van der Waals surface area contributed by atoms with Crippen LogP contribution >= 0.6 is 0 Å². The van der Waals surface area contributed by atoms with E-state index in [-0.39, 0.29) is 17.5 Å². The Balaban J connectivity index is 1.88. The summed E-state index contributed by atoms with van der Waals surface area (Å²) in [7, 11) is 0. The van der Waals surface area contributed by atoms with Crippen molar-refractivity contribution in [1.29, 1.82) is 0 Å². The van der Waals surface area contributed by atoms with Gasteiger partial charge in [0.15, 0.2) is 11.9 Å². The first-order valence-corrected chi connectivity index (χ1v) is 7.99. The van der Waals surface area contributed by atoms with Gasteiger partial charge < -0.3 is 10.1 Å². The van der Waals surface area contributed by atoms with Gasteiger partial charge in [-0.1, -0.05) is 31.4 Å². The summed E-state index contributed by atoms with van der Waals surface area (Å²) in [6, 6.07) is 5.29. The molecule has 1 atom stereocenters. The second-order valence-electron chi connectivity index (χ2n) is 5.78. The van der Waals surface area contributed by atoms with Crippen molar-refractivity contribution < 1.29 is 19.2 Å². The first-order valence-electron chi connectivity index (χ1n) is 7.99. The molecule has 3 amide bonds. The third kappa shape index (κ3) is 4.94. The van der Waals surface area contributed by atoms with Gasteiger partial charge >= 0.3 is 11.7 Å². The van der Waals surface area contributed by atoms with Crippen LogP contribution in [-0.2, 0) is 4.79 Å². The lowest BCUT2D eigenvalue weighted by Gasteiger charge is -2.23. The largest absolute Gasteiger partial charge is 0.474 e. The number of carbonyl (C=O) groups is 2. The van der Waals surface area contributed by atoms with Gasteiger partial charge in [0.25, 0.3) is 5.91 Å². The molecule has 0 aromatic heterocycles. The number of urea groups is 1. The van der Waals surface area contributed by atoms with Crippen LogP contribution in [0, 0.1) is 10.1 Å². The fourth-order valence-corrected chi connectivity index (χ4v) is 2.63. The van der Waals surface area contributed by atoms with Crippen molar-refractivity contribution >= 4 is 17.6 Å². The van der Waals surface area contributed by atoms with Crippen LogP contribution in [0.1, 0.15) is 39.0 Å². The molecule has 0 bridgehead atoms. The molecule has 24 heavy (non-hydrogen) atoms. The van der Waals surface area contributed by atoms with Gasteiger partial charge in [0.2, 0.25) is 0 Å². The summed E-state index contributed by atoms with van der Waals surface area (Å²) in [4.78, 5) is 34.2. The van der Waals surface area contributed by atoms with Crippen molar-refractivity contribution in [2.45, 2.75) is 51.2 Å². The zero-order valence-electron chi connectivity index (χ0n) is 13.5. The summed E-state index contributed by atoms with van der Waals surface area (Å²) in [6.45, 7) is 1.43. The molecular formula is C16H21N3O5. The molecule has 130 valence electrons. The van der Waals surface area contributed by atoms with E-state index in [4.69, 9.17) is 4.74 Å². The molecule has 1 saturated carbocycles. The van der Waals surface area contributed by atoms with E-state index in [1.165, 1.54) is 31.5 Å². The van der Waals surface area contributed by atoms with E-state index in [9.17, 15) is 19.7 Å². The first-order chi connectivity index (χ1) is 11.5. The highest BCUT2D eigenvalue weighted by Gasteiger charge is 2.23. The predicted octanol–water partition coefficient (Wildman–Crippen LogP) is 2.52. The predicted molar refractivity (Wildman–Crippen MR) is 86.7 cm³/mol. The Morgan fingerprint density at radius 1 is 1.25 bits per heavy atom. The maximum absolute atomic E-state index is 12.0. The molecule has 0 unspecified atom stereocenters. The van der Waals surface area contributed by atoms with Crippen molar-refractivity contribution in [3.63, 3.8) is 0 Å². The molecular weight excluding hydrogens is 314 g/mol. The number of hydrogen-bond donors (Lipinski definition) is 2. The molecule has 0 radical (unpaired) electrons. The lowest BCUT2D eigenvalue weighted by Crippen LogP contribution is -2.48. The van der Waals surface area contributed by atoms with E-state index in [1.807, 2.05) is 0 Å². The monoisotopic (exact) mass is 335 g/mol. The summed E-state index contributed by atoms with van der Waals surface area (Å²) in [6.07, 6.45) is 4.07. The van der Waals surface area contributed by atoms with Crippen molar-refractivity contribution in [2.75, 3.05) is 0 Å². The highest BCUT2D eigenvalue weighted by atomic mass is 16.6. The number of nitrogens with zero attached hydrogens (tertiary/aromatic N) is 1. The van der Waals surface area contributed by atoms with Gasteiger partial charge in [-0.2, -0.15) is 0 Å². The van der Waals surface area contributed by atoms with Gasteiger partial charge in [0.05, 0.1) is 4.92 Å². The molecule has 1 aliphatic carbocycles. The van der Waals surface area contributed by atoms with Crippen LogP contribution in [0.3, 0.4) is 0 Å². The van der Waals surface area contributed by atoms with Gasteiger partial charge in [-0.3, -0.25) is 20.2 Å². The first kappa shape index (κ1) is 17.7. The van der Waals surface area contributed by atoms with Crippen LogP contribution in [0.25, 0.3) is 0 Å². The number of amides is 3. The zero-order valence-corrected chi connectivity index (χ0v) is 13.5. The molecule has 1 aromatic rings. The molecule has 2 N–H and O–H groups in total. The van der Waals surface area contributed by atoms with Crippen LogP contribution in [0.15, 0.2) is 24.3 Å². The highest BCUT2D eigenvalue weighted by Crippen LogP contribution is 2.26. The Morgan fingerprint density at radius 3 is 2.58 bits per heavy atom. The molecule has 8 nitrogen and oxygen atoms in total. The number of nitro benzene ring substituents is 1. The number of imide groups is 1. The van der Waals surface area contributed by atoms with Crippen LogP contribution in [0.2, 0.25) is 0 Å². The van der Waals surface area contributed by atoms with Crippen LogP contribution < -0.4 is 15.4 Å². The summed E-state index contributed by atoms with van der Waals surface area (Å²) in [5.41, 5.74) is -0.233. The fourth-order valence-electron chi connectivity index (χ4n) is 2.63. The normalized spacial score (nSPS) is 16.0. The Bertz CT molecular complexity index is 613. The summed E-state index contributed by atoms with van der Waals surface area (Å²) >= 11 is 0. The van der Waals surface area contributed by atoms with Gasteiger partial charge in [-0.25, -0.2) is 4.79 Å². The number of benzene rings is 1. The van der Waals surface area contributed by atoms with E-state index < -0.39 is 23.0 Å². The van der Waals surface area contributed by atoms with Crippen molar-refractivity contribution in [3.05, 3.63) is 34.4 Å². The average molecular weight is 335 g/mol. The minimum absolute atomic E-state index is 0.0159. The highest BCUT2D eigenvalue weighted by molar-refractivity contribution is 5.96. The molecule has 1 aliphatic rings. The smallest absolute Gasteiger partial charge is 0.321 e. The fraction of sp³-hybridized carbons (Fsp3) is 0.500. The Labute approximate surface area is 139 Å². The number of rotatable bonds is 5. The zero-order chi connectivity index (χ0) is 17.5. The second-order valence-corrected chi connectivity index (χ2v) is 5.78. The van der Waals surface area contributed by atoms with Gasteiger partial charge in [0.1, 0.15) is 0 Å². The van der Waals surface area contributed by atoms with E-state index >= 15 is 0 Å². The summed E-state index contributed by atoms with van der Waals surface area (Å²) < 4.78 is 5.33. The number of ether oxygens (including phenoxy) is 1. The molecule has 1 fully saturated rings.